The lowest BCUT2D eigenvalue weighted by molar-refractivity contribution is -0.133. The first-order valence-electron chi connectivity index (χ1n) is 7.93. The zero-order chi connectivity index (χ0) is 14.4. The normalized spacial score (nSPS) is 25.0. The SMILES string of the molecule is CC(NCC1(O)CCOCC1)C(=O)N1CCCCCC1. The van der Waals surface area contributed by atoms with E-state index in [1.54, 1.807) is 0 Å². The standard InChI is InChI=1S/C15H28N2O3/c1-13(14(18)17-8-4-2-3-5-9-17)16-12-15(19)6-10-20-11-7-15/h13,16,19H,2-12H2,1H3. The molecule has 2 aliphatic rings. The van der Waals surface area contributed by atoms with E-state index in [0.29, 0.717) is 32.6 Å². The summed E-state index contributed by atoms with van der Waals surface area (Å²) in [5.41, 5.74) is -0.717. The van der Waals surface area contributed by atoms with Gasteiger partial charge in [0.05, 0.1) is 11.6 Å². The lowest BCUT2D eigenvalue weighted by Crippen LogP contribution is -2.52. The van der Waals surface area contributed by atoms with Crippen molar-refractivity contribution in [2.75, 3.05) is 32.8 Å². The summed E-state index contributed by atoms with van der Waals surface area (Å²) in [6.45, 7) is 5.33. The topological polar surface area (TPSA) is 61.8 Å². The number of rotatable bonds is 4. The molecule has 2 N–H and O–H groups in total. The molecule has 2 fully saturated rings. The maximum absolute atomic E-state index is 12.4. The number of likely N-dealkylation sites (tertiary alicyclic amines) is 1. The average Bonchev–Trinajstić information content (AvgIpc) is 2.74. The molecular formula is C15H28N2O3. The molecule has 0 spiro atoms. The first-order chi connectivity index (χ1) is 9.61. The second-order valence-corrected chi connectivity index (χ2v) is 6.18. The van der Waals surface area contributed by atoms with Crippen LogP contribution in [0.5, 0.6) is 0 Å². The molecule has 1 atom stereocenters. The highest BCUT2D eigenvalue weighted by Gasteiger charge is 2.31. The summed E-state index contributed by atoms with van der Waals surface area (Å²) >= 11 is 0. The predicted octanol–water partition coefficient (Wildman–Crippen LogP) is 0.909. The van der Waals surface area contributed by atoms with Gasteiger partial charge in [-0.15, -0.1) is 0 Å². The minimum atomic E-state index is -0.717. The fourth-order valence-electron chi connectivity index (χ4n) is 2.92. The maximum Gasteiger partial charge on any atom is 0.239 e. The number of amides is 1. The molecule has 0 radical (unpaired) electrons. The lowest BCUT2D eigenvalue weighted by atomic mass is 9.94. The Balaban J connectivity index is 1.78. The van der Waals surface area contributed by atoms with Crippen LogP contribution in [-0.2, 0) is 9.53 Å². The molecule has 0 bridgehead atoms. The Labute approximate surface area is 121 Å². The molecule has 1 amide bonds. The third kappa shape index (κ3) is 4.43. The van der Waals surface area contributed by atoms with Gasteiger partial charge in [0.2, 0.25) is 5.91 Å². The van der Waals surface area contributed by atoms with E-state index < -0.39 is 5.60 Å². The van der Waals surface area contributed by atoms with Crippen LogP contribution in [0.2, 0.25) is 0 Å². The molecule has 0 aliphatic carbocycles. The molecule has 1 unspecified atom stereocenters. The third-order valence-electron chi connectivity index (χ3n) is 4.45. The Bertz CT molecular complexity index is 308. The Morgan fingerprint density at radius 3 is 2.45 bits per heavy atom. The van der Waals surface area contributed by atoms with Crippen molar-refractivity contribution in [1.82, 2.24) is 10.2 Å². The highest BCUT2D eigenvalue weighted by Crippen LogP contribution is 2.19. The van der Waals surface area contributed by atoms with Crippen molar-refractivity contribution in [2.24, 2.45) is 0 Å². The second-order valence-electron chi connectivity index (χ2n) is 6.18. The average molecular weight is 284 g/mol. The monoisotopic (exact) mass is 284 g/mol. The van der Waals surface area contributed by atoms with Gasteiger partial charge in [0, 0.05) is 45.7 Å². The summed E-state index contributed by atoms with van der Waals surface area (Å²) in [5.74, 6) is 0.169. The number of hydrogen-bond donors (Lipinski definition) is 2. The molecule has 20 heavy (non-hydrogen) atoms. The van der Waals surface area contributed by atoms with Crippen LogP contribution in [0.3, 0.4) is 0 Å². The molecule has 2 aliphatic heterocycles. The van der Waals surface area contributed by atoms with Gasteiger partial charge in [-0.1, -0.05) is 12.8 Å². The smallest absolute Gasteiger partial charge is 0.239 e. The van der Waals surface area contributed by atoms with E-state index in [4.69, 9.17) is 4.74 Å². The maximum atomic E-state index is 12.4. The zero-order valence-corrected chi connectivity index (χ0v) is 12.6. The summed E-state index contributed by atoms with van der Waals surface area (Å²) < 4.78 is 5.27. The molecular weight excluding hydrogens is 256 g/mol. The minimum absolute atomic E-state index is 0.169. The first kappa shape index (κ1) is 15.7. The number of carbonyl (C=O) groups excluding carboxylic acids is 1. The summed E-state index contributed by atoms with van der Waals surface area (Å²) in [7, 11) is 0. The van der Waals surface area contributed by atoms with E-state index in [9.17, 15) is 9.90 Å². The van der Waals surface area contributed by atoms with Gasteiger partial charge in [0.1, 0.15) is 0 Å². The van der Waals surface area contributed by atoms with Gasteiger partial charge in [-0.25, -0.2) is 0 Å². The predicted molar refractivity (Wildman–Crippen MR) is 77.5 cm³/mol. The molecule has 0 aromatic carbocycles. The van der Waals surface area contributed by atoms with Crippen LogP contribution in [0.15, 0.2) is 0 Å². The number of ether oxygens (including phenoxy) is 1. The van der Waals surface area contributed by atoms with Gasteiger partial charge >= 0.3 is 0 Å². The molecule has 5 heteroatoms. The van der Waals surface area contributed by atoms with Crippen molar-refractivity contribution in [1.29, 1.82) is 0 Å². The van der Waals surface area contributed by atoms with E-state index in [1.807, 2.05) is 11.8 Å². The van der Waals surface area contributed by atoms with Gasteiger partial charge in [-0.05, 0) is 19.8 Å². The van der Waals surface area contributed by atoms with E-state index in [2.05, 4.69) is 5.32 Å². The van der Waals surface area contributed by atoms with Crippen molar-refractivity contribution in [3.8, 4) is 0 Å². The van der Waals surface area contributed by atoms with Crippen molar-refractivity contribution >= 4 is 5.91 Å². The number of aliphatic hydroxyl groups is 1. The highest BCUT2D eigenvalue weighted by atomic mass is 16.5. The van der Waals surface area contributed by atoms with E-state index in [-0.39, 0.29) is 11.9 Å². The zero-order valence-electron chi connectivity index (χ0n) is 12.6. The first-order valence-corrected chi connectivity index (χ1v) is 7.93. The summed E-state index contributed by atoms with van der Waals surface area (Å²) in [6, 6.07) is -0.222. The quantitative estimate of drug-likeness (QED) is 0.805. The van der Waals surface area contributed by atoms with Crippen LogP contribution in [0, 0.1) is 0 Å². The third-order valence-corrected chi connectivity index (χ3v) is 4.45. The van der Waals surface area contributed by atoms with Crippen molar-refractivity contribution in [3.63, 3.8) is 0 Å². The fraction of sp³-hybridized carbons (Fsp3) is 0.933. The minimum Gasteiger partial charge on any atom is -0.388 e. The molecule has 2 heterocycles. The molecule has 5 nitrogen and oxygen atoms in total. The summed E-state index contributed by atoms with van der Waals surface area (Å²) in [6.07, 6.45) is 5.96. The number of nitrogens with zero attached hydrogens (tertiary/aromatic N) is 1. The van der Waals surface area contributed by atoms with E-state index in [0.717, 1.165) is 25.9 Å². The molecule has 116 valence electrons. The summed E-state index contributed by atoms with van der Waals surface area (Å²) in [5, 5.41) is 13.6. The molecule has 0 aromatic rings. The highest BCUT2D eigenvalue weighted by molar-refractivity contribution is 5.81. The van der Waals surface area contributed by atoms with Crippen LogP contribution in [-0.4, -0.2) is 60.4 Å². The van der Waals surface area contributed by atoms with Gasteiger partial charge in [-0.2, -0.15) is 0 Å². The van der Waals surface area contributed by atoms with Crippen LogP contribution in [0.25, 0.3) is 0 Å². The number of carbonyl (C=O) groups is 1. The van der Waals surface area contributed by atoms with Gasteiger partial charge in [0.25, 0.3) is 0 Å². The largest absolute Gasteiger partial charge is 0.388 e. The Kier molecular flexibility index (Phi) is 5.81. The summed E-state index contributed by atoms with van der Waals surface area (Å²) in [4.78, 5) is 14.4. The van der Waals surface area contributed by atoms with Crippen molar-refractivity contribution in [3.05, 3.63) is 0 Å². The lowest BCUT2D eigenvalue weighted by Gasteiger charge is -2.34. The van der Waals surface area contributed by atoms with E-state index >= 15 is 0 Å². The van der Waals surface area contributed by atoms with Crippen molar-refractivity contribution < 1.29 is 14.6 Å². The van der Waals surface area contributed by atoms with Crippen LogP contribution in [0.1, 0.15) is 45.4 Å². The molecule has 0 aromatic heterocycles. The van der Waals surface area contributed by atoms with Gasteiger partial charge in [0.15, 0.2) is 0 Å². The fourth-order valence-corrected chi connectivity index (χ4v) is 2.92. The van der Waals surface area contributed by atoms with Crippen molar-refractivity contribution in [2.45, 2.75) is 57.1 Å². The number of nitrogens with one attached hydrogen (secondary N) is 1. The second kappa shape index (κ2) is 7.38. The molecule has 2 rings (SSSR count). The Morgan fingerprint density at radius 2 is 1.85 bits per heavy atom. The van der Waals surface area contributed by atoms with Crippen LogP contribution in [0.4, 0.5) is 0 Å². The molecule has 2 saturated heterocycles. The Hall–Kier alpha value is -0.650. The van der Waals surface area contributed by atoms with Gasteiger partial charge in [-0.3, -0.25) is 4.79 Å². The Morgan fingerprint density at radius 1 is 1.25 bits per heavy atom. The van der Waals surface area contributed by atoms with E-state index in [1.165, 1.54) is 12.8 Å². The number of hydrogen-bond acceptors (Lipinski definition) is 4. The van der Waals surface area contributed by atoms with Gasteiger partial charge < -0.3 is 20.1 Å². The molecule has 0 saturated carbocycles. The van der Waals surface area contributed by atoms with Crippen LogP contribution >= 0.6 is 0 Å². The van der Waals surface area contributed by atoms with Crippen LogP contribution < -0.4 is 5.32 Å².